The Kier molecular flexibility index (Phi) is 6.58. The second kappa shape index (κ2) is 8.03. The molecule has 0 aliphatic heterocycles. The number of hydrogen-bond donors (Lipinski definition) is 3. The Morgan fingerprint density at radius 3 is 2.65 bits per heavy atom. The van der Waals surface area contributed by atoms with Crippen LogP contribution in [0, 0.1) is 0 Å². The first-order valence-electron chi connectivity index (χ1n) is 5.98. The molecule has 0 fully saturated rings. The van der Waals surface area contributed by atoms with Gasteiger partial charge in [0.15, 0.2) is 5.11 Å². The fourth-order valence-electron chi connectivity index (χ4n) is 1.60. The van der Waals surface area contributed by atoms with Crippen LogP contribution in [-0.4, -0.2) is 23.4 Å². The van der Waals surface area contributed by atoms with Crippen LogP contribution in [0.2, 0.25) is 0 Å². The van der Waals surface area contributed by atoms with E-state index in [1.807, 2.05) is 18.2 Å². The van der Waals surface area contributed by atoms with E-state index in [1.165, 1.54) is 5.56 Å². The van der Waals surface area contributed by atoms with Crippen molar-refractivity contribution < 1.29 is 5.11 Å². The molecule has 1 unspecified atom stereocenters. The molecule has 1 rings (SSSR count). The second-order valence-electron chi connectivity index (χ2n) is 3.85. The number of aliphatic hydroxyl groups is 1. The van der Waals surface area contributed by atoms with Gasteiger partial charge < -0.3 is 15.7 Å². The lowest BCUT2D eigenvalue weighted by atomic mass is 10.1. The summed E-state index contributed by atoms with van der Waals surface area (Å²) >= 11 is 5.21. The van der Waals surface area contributed by atoms with E-state index in [-0.39, 0.29) is 12.6 Å². The molecule has 3 nitrogen and oxygen atoms in total. The standard InChI is InChI=1S/C13H20N2OS/c1-2-12(11-7-4-3-5-8-11)15-13(17)14-9-6-10-16/h3-5,7-8,12,16H,2,6,9-10H2,1H3,(H2,14,15,17). The Balaban J connectivity index is 2.44. The molecule has 0 radical (unpaired) electrons. The van der Waals surface area contributed by atoms with Crippen LogP contribution in [0.3, 0.4) is 0 Å². The lowest BCUT2D eigenvalue weighted by molar-refractivity contribution is 0.289. The van der Waals surface area contributed by atoms with Gasteiger partial charge in [-0.3, -0.25) is 0 Å². The van der Waals surface area contributed by atoms with Gasteiger partial charge in [0.1, 0.15) is 0 Å². The third-order valence-electron chi connectivity index (χ3n) is 2.54. The Hall–Kier alpha value is -1.13. The monoisotopic (exact) mass is 252 g/mol. The number of aliphatic hydroxyl groups excluding tert-OH is 1. The van der Waals surface area contributed by atoms with Crippen molar-refractivity contribution in [1.82, 2.24) is 10.6 Å². The van der Waals surface area contributed by atoms with E-state index in [0.717, 1.165) is 6.42 Å². The van der Waals surface area contributed by atoms with Crippen LogP contribution in [0.4, 0.5) is 0 Å². The van der Waals surface area contributed by atoms with E-state index < -0.39 is 0 Å². The van der Waals surface area contributed by atoms with Crippen molar-refractivity contribution in [3.63, 3.8) is 0 Å². The van der Waals surface area contributed by atoms with E-state index in [2.05, 4.69) is 29.7 Å². The molecule has 0 spiro atoms. The predicted molar refractivity (Wildman–Crippen MR) is 74.9 cm³/mol. The summed E-state index contributed by atoms with van der Waals surface area (Å²) < 4.78 is 0. The Morgan fingerprint density at radius 1 is 1.35 bits per heavy atom. The van der Waals surface area contributed by atoms with Gasteiger partial charge in [0, 0.05) is 13.2 Å². The molecular weight excluding hydrogens is 232 g/mol. The molecule has 0 saturated carbocycles. The molecule has 0 aromatic heterocycles. The summed E-state index contributed by atoms with van der Waals surface area (Å²) in [6.45, 7) is 3.01. The zero-order valence-corrected chi connectivity index (χ0v) is 11.0. The SMILES string of the molecule is CCC(NC(=S)NCCCO)c1ccccc1. The molecule has 3 N–H and O–H groups in total. The van der Waals surface area contributed by atoms with Gasteiger partial charge in [-0.25, -0.2) is 0 Å². The van der Waals surface area contributed by atoms with Gasteiger partial charge in [-0.1, -0.05) is 37.3 Å². The van der Waals surface area contributed by atoms with Crippen LogP contribution in [0.1, 0.15) is 31.4 Å². The molecule has 0 aliphatic carbocycles. The summed E-state index contributed by atoms with van der Waals surface area (Å²) in [7, 11) is 0. The molecule has 4 heteroatoms. The molecule has 0 saturated heterocycles. The topological polar surface area (TPSA) is 44.3 Å². The van der Waals surface area contributed by atoms with Crippen LogP contribution in [-0.2, 0) is 0 Å². The predicted octanol–water partition coefficient (Wildman–Crippen LogP) is 1.98. The highest BCUT2D eigenvalue weighted by Crippen LogP contribution is 2.15. The van der Waals surface area contributed by atoms with E-state index in [9.17, 15) is 0 Å². The number of thiocarbonyl (C=S) groups is 1. The first-order chi connectivity index (χ1) is 8.27. The molecular formula is C13H20N2OS. The van der Waals surface area contributed by atoms with Crippen molar-refractivity contribution in [3.05, 3.63) is 35.9 Å². The maximum Gasteiger partial charge on any atom is 0.166 e. The minimum absolute atomic E-state index is 0.186. The summed E-state index contributed by atoms with van der Waals surface area (Å²) in [5.41, 5.74) is 1.24. The quantitative estimate of drug-likeness (QED) is 0.535. The lowest BCUT2D eigenvalue weighted by Crippen LogP contribution is -2.38. The van der Waals surface area contributed by atoms with Crippen molar-refractivity contribution in [3.8, 4) is 0 Å². The van der Waals surface area contributed by atoms with Gasteiger partial charge in [-0.2, -0.15) is 0 Å². The summed E-state index contributed by atoms with van der Waals surface area (Å²) in [4.78, 5) is 0. The van der Waals surface area contributed by atoms with Gasteiger partial charge in [0.2, 0.25) is 0 Å². The number of hydrogen-bond acceptors (Lipinski definition) is 2. The minimum Gasteiger partial charge on any atom is -0.396 e. The van der Waals surface area contributed by atoms with Crippen LogP contribution in [0.5, 0.6) is 0 Å². The van der Waals surface area contributed by atoms with Crippen LogP contribution in [0.25, 0.3) is 0 Å². The highest BCUT2D eigenvalue weighted by molar-refractivity contribution is 7.80. The van der Waals surface area contributed by atoms with Gasteiger partial charge in [0.05, 0.1) is 6.04 Å². The summed E-state index contributed by atoms with van der Waals surface area (Å²) in [6, 6.07) is 10.5. The zero-order chi connectivity index (χ0) is 12.5. The molecule has 17 heavy (non-hydrogen) atoms. The largest absolute Gasteiger partial charge is 0.396 e. The average molecular weight is 252 g/mol. The summed E-state index contributed by atoms with van der Waals surface area (Å²) in [6.07, 6.45) is 1.69. The Morgan fingerprint density at radius 2 is 2.06 bits per heavy atom. The lowest BCUT2D eigenvalue weighted by Gasteiger charge is -2.19. The highest BCUT2D eigenvalue weighted by Gasteiger charge is 2.09. The van der Waals surface area contributed by atoms with Crippen LogP contribution < -0.4 is 10.6 Å². The van der Waals surface area contributed by atoms with E-state index in [0.29, 0.717) is 18.1 Å². The number of benzene rings is 1. The Bertz CT molecular complexity index is 329. The number of nitrogens with one attached hydrogen (secondary N) is 2. The maximum absolute atomic E-state index is 8.68. The smallest absolute Gasteiger partial charge is 0.166 e. The van der Waals surface area contributed by atoms with Crippen molar-refractivity contribution in [2.75, 3.05) is 13.2 Å². The molecule has 0 heterocycles. The second-order valence-corrected chi connectivity index (χ2v) is 4.26. The molecule has 1 atom stereocenters. The molecule has 0 amide bonds. The molecule has 94 valence electrons. The summed E-state index contributed by atoms with van der Waals surface area (Å²) in [5.74, 6) is 0. The van der Waals surface area contributed by atoms with Gasteiger partial charge in [-0.05, 0) is 30.6 Å². The maximum atomic E-state index is 8.68. The fraction of sp³-hybridized carbons (Fsp3) is 0.462. The first kappa shape index (κ1) is 13.9. The van der Waals surface area contributed by atoms with Crippen molar-refractivity contribution >= 4 is 17.3 Å². The highest BCUT2D eigenvalue weighted by atomic mass is 32.1. The van der Waals surface area contributed by atoms with Crippen molar-refractivity contribution in [2.45, 2.75) is 25.8 Å². The normalized spacial score (nSPS) is 11.9. The molecule has 1 aromatic rings. The molecule has 0 aliphatic rings. The summed E-state index contributed by atoms with van der Waals surface area (Å²) in [5, 5.41) is 15.7. The van der Waals surface area contributed by atoms with E-state index in [1.54, 1.807) is 0 Å². The van der Waals surface area contributed by atoms with Crippen LogP contribution >= 0.6 is 12.2 Å². The van der Waals surface area contributed by atoms with Crippen molar-refractivity contribution in [1.29, 1.82) is 0 Å². The zero-order valence-electron chi connectivity index (χ0n) is 10.1. The minimum atomic E-state index is 0.186. The van der Waals surface area contributed by atoms with Crippen molar-refractivity contribution in [2.24, 2.45) is 0 Å². The fourth-order valence-corrected chi connectivity index (χ4v) is 1.84. The average Bonchev–Trinajstić information content (AvgIpc) is 2.37. The van der Waals surface area contributed by atoms with E-state index in [4.69, 9.17) is 17.3 Å². The Labute approximate surface area is 108 Å². The molecule has 0 bridgehead atoms. The van der Waals surface area contributed by atoms with Gasteiger partial charge >= 0.3 is 0 Å². The first-order valence-corrected chi connectivity index (χ1v) is 6.39. The molecule has 1 aromatic carbocycles. The third kappa shape index (κ3) is 5.15. The third-order valence-corrected chi connectivity index (χ3v) is 2.80. The van der Waals surface area contributed by atoms with Gasteiger partial charge in [0.25, 0.3) is 0 Å². The van der Waals surface area contributed by atoms with Crippen LogP contribution in [0.15, 0.2) is 30.3 Å². The van der Waals surface area contributed by atoms with Gasteiger partial charge in [-0.15, -0.1) is 0 Å². The number of rotatable bonds is 6. The van der Waals surface area contributed by atoms with E-state index >= 15 is 0 Å².